The molecule has 0 aliphatic rings. The lowest BCUT2D eigenvalue weighted by molar-refractivity contribution is -0.124. The Morgan fingerprint density at radius 2 is 1.89 bits per heavy atom. The van der Waals surface area contributed by atoms with E-state index in [0.717, 1.165) is 36.0 Å². The number of benzene rings is 2. The first-order valence-corrected chi connectivity index (χ1v) is 12.0. The third-order valence-electron chi connectivity index (χ3n) is 5.73. The number of nitrogens with zero attached hydrogens (tertiary/aromatic N) is 1. The standard InChI is InChI=1S/C27H34N4O5/c1-35-17-4-14-28-27(33)36-18-16-31(15-13-23-19-29-25-6-3-2-5-24(23)25)20-22-9-7-21(8-10-22)11-12-26(32)30-34/h2-3,5-12,19,29,34H,4,13-18,20H2,1H3,(H,28,33)(H,30,32)/b12-11+. The van der Waals surface area contributed by atoms with Crippen LogP contribution in [0.4, 0.5) is 4.79 Å². The lowest BCUT2D eigenvalue weighted by Crippen LogP contribution is -2.32. The number of alkyl carbamates (subject to hydrolysis) is 1. The molecule has 9 heteroatoms. The predicted octanol–water partition coefficient (Wildman–Crippen LogP) is 3.49. The highest BCUT2D eigenvalue weighted by atomic mass is 16.5. The molecule has 0 unspecified atom stereocenters. The topological polar surface area (TPSA) is 116 Å². The Bertz CT molecular complexity index is 1130. The lowest BCUT2D eigenvalue weighted by atomic mass is 10.1. The van der Waals surface area contributed by atoms with Crippen LogP contribution >= 0.6 is 0 Å². The number of para-hydroxylation sites is 1. The summed E-state index contributed by atoms with van der Waals surface area (Å²) < 4.78 is 10.4. The van der Waals surface area contributed by atoms with Gasteiger partial charge in [0.1, 0.15) is 6.61 Å². The first-order chi connectivity index (χ1) is 17.6. The van der Waals surface area contributed by atoms with Gasteiger partial charge in [0.15, 0.2) is 0 Å². The lowest BCUT2D eigenvalue weighted by Gasteiger charge is -2.22. The molecule has 0 radical (unpaired) electrons. The molecule has 1 heterocycles. The minimum atomic E-state index is -0.578. The number of carbonyl (C=O) groups excluding carboxylic acids is 2. The number of H-pyrrole nitrogens is 1. The highest BCUT2D eigenvalue weighted by molar-refractivity contribution is 5.90. The summed E-state index contributed by atoms with van der Waals surface area (Å²) in [7, 11) is 1.63. The van der Waals surface area contributed by atoms with Crippen molar-refractivity contribution in [2.24, 2.45) is 0 Å². The maximum atomic E-state index is 12.0. The van der Waals surface area contributed by atoms with Crippen molar-refractivity contribution in [2.45, 2.75) is 19.4 Å². The van der Waals surface area contributed by atoms with Crippen LogP contribution in [0.15, 0.2) is 60.8 Å². The van der Waals surface area contributed by atoms with Gasteiger partial charge in [0.25, 0.3) is 5.91 Å². The van der Waals surface area contributed by atoms with Crippen molar-refractivity contribution in [3.8, 4) is 0 Å². The molecule has 1 aromatic heterocycles. The molecule has 0 atom stereocenters. The average molecular weight is 495 g/mol. The van der Waals surface area contributed by atoms with E-state index in [1.165, 1.54) is 17.0 Å². The fourth-order valence-corrected chi connectivity index (χ4v) is 3.81. The summed E-state index contributed by atoms with van der Waals surface area (Å²) in [6.07, 6.45) is 6.10. The first kappa shape index (κ1) is 26.9. The Labute approximate surface area is 211 Å². The largest absolute Gasteiger partial charge is 0.448 e. The third-order valence-corrected chi connectivity index (χ3v) is 5.73. The maximum absolute atomic E-state index is 12.0. The van der Waals surface area contributed by atoms with Crippen molar-refractivity contribution in [1.82, 2.24) is 20.7 Å². The predicted molar refractivity (Wildman–Crippen MR) is 139 cm³/mol. The van der Waals surface area contributed by atoms with Gasteiger partial charge in [-0.2, -0.15) is 0 Å². The van der Waals surface area contributed by atoms with E-state index in [1.807, 2.05) is 36.4 Å². The van der Waals surface area contributed by atoms with Gasteiger partial charge in [-0.05, 0) is 41.7 Å². The van der Waals surface area contributed by atoms with Crippen LogP contribution in [0.2, 0.25) is 0 Å². The minimum absolute atomic E-state index is 0.279. The first-order valence-electron chi connectivity index (χ1n) is 12.0. The van der Waals surface area contributed by atoms with Gasteiger partial charge in [-0.25, -0.2) is 10.3 Å². The maximum Gasteiger partial charge on any atom is 0.407 e. The van der Waals surface area contributed by atoms with Crippen LogP contribution in [-0.2, 0) is 27.2 Å². The molecule has 0 saturated heterocycles. The SMILES string of the molecule is COCCCNC(=O)OCCN(CCc1c[nH]c2ccccc12)Cc1ccc(/C=C/C(=O)NO)cc1. The second kappa shape index (κ2) is 14.7. The molecule has 0 spiro atoms. The van der Waals surface area contributed by atoms with Crippen LogP contribution in [0.1, 0.15) is 23.1 Å². The van der Waals surface area contributed by atoms with Crippen molar-refractivity contribution in [1.29, 1.82) is 0 Å². The number of rotatable bonds is 14. The molecule has 4 N–H and O–H groups in total. The van der Waals surface area contributed by atoms with E-state index in [1.54, 1.807) is 18.7 Å². The zero-order valence-electron chi connectivity index (χ0n) is 20.5. The third kappa shape index (κ3) is 8.84. The van der Waals surface area contributed by atoms with Gasteiger partial charge in [0.05, 0.1) is 0 Å². The molecule has 0 aliphatic heterocycles. The summed E-state index contributed by atoms with van der Waals surface area (Å²) in [6, 6.07) is 16.1. The number of hydrogen-bond donors (Lipinski definition) is 4. The molecule has 2 aromatic carbocycles. The highest BCUT2D eigenvalue weighted by Gasteiger charge is 2.11. The Kier molecular flexibility index (Phi) is 11.0. The zero-order chi connectivity index (χ0) is 25.6. The van der Waals surface area contributed by atoms with E-state index in [-0.39, 0.29) is 6.61 Å². The van der Waals surface area contributed by atoms with Crippen molar-refractivity contribution in [3.63, 3.8) is 0 Å². The number of aromatic amines is 1. The van der Waals surface area contributed by atoms with Crippen LogP contribution in [0, 0.1) is 0 Å². The number of ether oxygens (including phenoxy) is 2. The summed E-state index contributed by atoms with van der Waals surface area (Å²) in [5.74, 6) is -0.578. The fraction of sp³-hybridized carbons (Fsp3) is 0.333. The summed E-state index contributed by atoms with van der Waals surface area (Å²) in [5, 5.41) is 12.6. The van der Waals surface area contributed by atoms with Gasteiger partial charge in [-0.3, -0.25) is 14.9 Å². The Morgan fingerprint density at radius 3 is 2.67 bits per heavy atom. The smallest absolute Gasteiger partial charge is 0.407 e. The van der Waals surface area contributed by atoms with Gasteiger partial charge in [0.2, 0.25) is 0 Å². The minimum Gasteiger partial charge on any atom is -0.448 e. The summed E-state index contributed by atoms with van der Waals surface area (Å²) in [6.45, 7) is 3.44. The molecule has 9 nitrogen and oxygen atoms in total. The molecule has 2 amide bonds. The second-order valence-corrected chi connectivity index (χ2v) is 8.35. The van der Waals surface area contributed by atoms with Gasteiger partial charge in [-0.1, -0.05) is 42.5 Å². The second-order valence-electron chi connectivity index (χ2n) is 8.35. The molecular weight excluding hydrogens is 460 g/mol. The van der Waals surface area contributed by atoms with E-state index in [2.05, 4.69) is 33.5 Å². The van der Waals surface area contributed by atoms with Crippen LogP contribution in [0.25, 0.3) is 17.0 Å². The van der Waals surface area contributed by atoms with Gasteiger partial charge in [-0.15, -0.1) is 0 Å². The van der Waals surface area contributed by atoms with E-state index < -0.39 is 12.0 Å². The summed E-state index contributed by atoms with van der Waals surface area (Å²) in [5.41, 5.74) is 5.88. The van der Waals surface area contributed by atoms with E-state index in [4.69, 9.17) is 14.7 Å². The average Bonchev–Trinajstić information content (AvgIpc) is 3.32. The van der Waals surface area contributed by atoms with Crippen LogP contribution in [-0.4, -0.2) is 67.0 Å². The van der Waals surface area contributed by atoms with Crippen molar-refractivity contribution >= 4 is 29.0 Å². The Hall–Kier alpha value is -3.66. The van der Waals surface area contributed by atoms with E-state index >= 15 is 0 Å². The number of methoxy groups -OCH3 is 1. The van der Waals surface area contributed by atoms with Gasteiger partial charge < -0.3 is 19.8 Å². The number of carbonyl (C=O) groups is 2. The number of amides is 2. The monoisotopic (exact) mass is 494 g/mol. The molecule has 3 rings (SSSR count). The fourth-order valence-electron chi connectivity index (χ4n) is 3.81. The summed E-state index contributed by atoms with van der Waals surface area (Å²) in [4.78, 5) is 28.7. The Morgan fingerprint density at radius 1 is 1.08 bits per heavy atom. The van der Waals surface area contributed by atoms with E-state index in [0.29, 0.717) is 26.2 Å². The van der Waals surface area contributed by atoms with Crippen molar-refractivity contribution < 1.29 is 24.3 Å². The van der Waals surface area contributed by atoms with Gasteiger partial charge in [0, 0.05) is 63.1 Å². The number of hydrogen-bond acceptors (Lipinski definition) is 6. The van der Waals surface area contributed by atoms with Crippen LogP contribution < -0.4 is 10.8 Å². The molecule has 0 bridgehead atoms. The molecule has 36 heavy (non-hydrogen) atoms. The van der Waals surface area contributed by atoms with E-state index in [9.17, 15) is 9.59 Å². The normalized spacial score (nSPS) is 11.3. The highest BCUT2D eigenvalue weighted by Crippen LogP contribution is 2.19. The number of aromatic nitrogens is 1. The van der Waals surface area contributed by atoms with Crippen molar-refractivity contribution in [3.05, 3.63) is 77.5 Å². The molecule has 192 valence electrons. The number of nitrogens with one attached hydrogen (secondary N) is 3. The van der Waals surface area contributed by atoms with Gasteiger partial charge >= 0.3 is 6.09 Å². The van der Waals surface area contributed by atoms with Crippen molar-refractivity contribution in [2.75, 3.05) is 40.0 Å². The van der Waals surface area contributed by atoms with Crippen LogP contribution in [0.3, 0.4) is 0 Å². The number of fused-ring (bicyclic) bond motifs is 1. The molecule has 0 fully saturated rings. The van der Waals surface area contributed by atoms with Crippen LogP contribution in [0.5, 0.6) is 0 Å². The summed E-state index contributed by atoms with van der Waals surface area (Å²) >= 11 is 0. The Balaban J connectivity index is 1.58. The molecular formula is C27H34N4O5. The number of hydroxylamine groups is 1. The molecule has 3 aromatic rings. The molecule has 0 aliphatic carbocycles. The zero-order valence-corrected chi connectivity index (χ0v) is 20.5. The molecule has 0 saturated carbocycles. The quantitative estimate of drug-likeness (QED) is 0.118.